The van der Waals surface area contributed by atoms with Crippen molar-refractivity contribution in [2.45, 2.75) is 6.04 Å². The van der Waals surface area contributed by atoms with Crippen LogP contribution in [0.5, 0.6) is 5.75 Å². The fourth-order valence-corrected chi connectivity index (χ4v) is 2.14. The molecule has 1 aromatic heterocycles. The van der Waals surface area contributed by atoms with Gasteiger partial charge in [0, 0.05) is 32.2 Å². The molecule has 0 radical (unpaired) electrons. The molecule has 2 heterocycles. The number of hydrogen-bond donors (Lipinski definition) is 2. The average molecular weight is 264 g/mol. The van der Waals surface area contributed by atoms with Crippen molar-refractivity contribution in [2.24, 2.45) is 0 Å². The predicted octanol–water partition coefficient (Wildman–Crippen LogP) is -0.237. The third-order valence-electron chi connectivity index (χ3n) is 3.46. The first-order chi connectivity index (χ1) is 9.06. The van der Waals surface area contributed by atoms with Crippen LogP contribution in [0.15, 0.2) is 18.3 Å². The van der Waals surface area contributed by atoms with E-state index in [2.05, 4.69) is 34.2 Å². The van der Waals surface area contributed by atoms with Crippen molar-refractivity contribution in [3.05, 3.63) is 24.0 Å². The van der Waals surface area contributed by atoms with Crippen LogP contribution in [-0.2, 0) is 0 Å². The number of carbonyl (C=O) groups is 1. The van der Waals surface area contributed by atoms with Crippen LogP contribution >= 0.6 is 0 Å². The van der Waals surface area contributed by atoms with Crippen LogP contribution in [0.4, 0.5) is 0 Å². The Hall–Kier alpha value is -1.66. The minimum atomic E-state index is -0.207. The largest absolute Gasteiger partial charge is 0.506 e. The summed E-state index contributed by atoms with van der Waals surface area (Å²) in [6.45, 7) is 3.61. The molecule has 1 saturated heterocycles. The van der Waals surface area contributed by atoms with Gasteiger partial charge in [0.05, 0.1) is 6.20 Å². The van der Waals surface area contributed by atoms with E-state index in [1.807, 2.05) is 0 Å². The lowest BCUT2D eigenvalue weighted by molar-refractivity contribution is 0.0877. The minimum absolute atomic E-state index is 0.0604. The second-order valence-corrected chi connectivity index (χ2v) is 5.01. The van der Waals surface area contributed by atoms with Crippen LogP contribution in [0.1, 0.15) is 10.5 Å². The molecule has 6 heteroatoms. The molecule has 1 fully saturated rings. The van der Waals surface area contributed by atoms with E-state index in [1.54, 1.807) is 0 Å². The van der Waals surface area contributed by atoms with Gasteiger partial charge in [-0.2, -0.15) is 0 Å². The van der Waals surface area contributed by atoms with Crippen molar-refractivity contribution < 1.29 is 9.90 Å². The van der Waals surface area contributed by atoms with Crippen molar-refractivity contribution in [3.8, 4) is 5.75 Å². The lowest BCUT2D eigenvalue weighted by Crippen LogP contribution is -2.54. The minimum Gasteiger partial charge on any atom is -0.506 e. The normalized spacial score (nSPS) is 21.3. The lowest BCUT2D eigenvalue weighted by atomic mass is 10.2. The van der Waals surface area contributed by atoms with Gasteiger partial charge >= 0.3 is 0 Å². The molecule has 0 saturated carbocycles. The Balaban J connectivity index is 1.87. The molecule has 0 bridgehead atoms. The van der Waals surface area contributed by atoms with Crippen LogP contribution in [0.3, 0.4) is 0 Å². The summed E-state index contributed by atoms with van der Waals surface area (Å²) in [6.07, 6.45) is 1.27. The standard InChI is InChI=1S/C13H20N4O2/c1-16-5-6-17(2)10(9-16)7-15-13(19)12-4-3-11(18)8-14-12/h3-4,8,10,18H,5-7,9H2,1-2H3,(H,15,19)/t10-/m0/s1. The Morgan fingerprint density at radius 3 is 2.95 bits per heavy atom. The van der Waals surface area contributed by atoms with Gasteiger partial charge in [-0.05, 0) is 26.2 Å². The van der Waals surface area contributed by atoms with Gasteiger partial charge in [-0.15, -0.1) is 0 Å². The molecule has 0 unspecified atom stereocenters. The van der Waals surface area contributed by atoms with E-state index in [0.29, 0.717) is 18.3 Å². The number of pyridine rings is 1. The van der Waals surface area contributed by atoms with Crippen molar-refractivity contribution in [1.82, 2.24) is 20.1 Å². The van der Waals surface area contributed by atoms with Crippen LogP contribution in [0.2, 0.25) is 0 Å². The molecule has 1 aliphatic rings. The van der Waals surface area contributed by atoms with Gasteiger partial charge in [0.15, 0.2) is 0 Å². The highest BCUT2D eigenvalue weighted by Crippen LogP contribution is 2.07. The number of rotatable bonds is 3. The van der Waals surface area contributed by atoms with E-state index < -0.39 is 0 Å². The van der Waals surface area contributed by atoms with E-state index in [1.165, 1.54) is 18.3 Å². The van der Waals surface area contributed by atoms with Gasteiger partial charge < -0.3 is 15.3 Å². The molecular weight excluding hydrogens is 244 g/mol. The quantitative estimate of drug-likeness (QED) is 0.789. The molecule has 1 atom stereocenters. The van der Waals surface area contributed by atoms with E-state index in [-0.39, 0.29) is 11.7 Å². The Morgan fingerprint density at radius 1 is 1.47 bits per heavy atom. The Labute approximate surface area is 113 Å². The Bertz CT molecular complexity index is 435. The van der Waals surface area contributed by atoms with Gasteiger partial charge in [0.1, 0.15) is 11.4 Å². The molecule has 0 aromatic carbocycles. The molecule has 1 aromatic rings. The molecular formula is C13H20N4O2. The number of piperazine rings is 1. The molecule has 6 nitrogen and oxygen atoms in total. The van der Waals surface area contributed by atoms with Gasteiger partial charge in [-0.25, -0.2) is 4.98 Å². The maximum Gasteiger partial charge on any atom is 0.269 e. The van der Waals surface area contributed by atoms with Crippen molar-refractivity contribution in [1.29, 1.82) is 0 Å². The highest BCUT2D eigenvalue weighted by atomic mass is 16.3. The van der Waals surface area contributed by atoms with E-state index in [4.69, 9.17) is 5.11 Å². The van der Waals surface area contributed by atoms with E-state index in [9.17, 15) is 4.79 Å². The van der Waals surface area contributed by atoms with Crippen LogP contribution < -0.4 is 5.32 Å². The average Bonchev–Trinajstić information content (AvgIpc) is 2.40. The summed E-state index contributed by atoms with van der Waals surface area (Å²) in [5.74, 6) is -0.146. The summed E-state index contributed by atoms with van der Waals surface area (Å²) in [5, 5.41) is 12.0. The maximum atomic E-state index is 11.9. The summed E-state index contributed by atoms with van der Waals surface area (Å²) in [4.78, 5) is 20.3. The maximum absolute atomic E-state index is 11.9. The molecule has 1 aliphatic heterocycles. The summed E-state index contributed by atoms with van der Waals surface area (Å²) < 4.78 is 0. The van der Waals surface area contributed by atoms with Gasteiger partial charge in [0.25, 0.3) is 5.91 Å². The molecule has 104 valence electrons. The zero-order chi connectivity index (χ0) is 13.8. The third-order valence-corrected chi connectivity index (χ3v) is 3.46. The number of aromatic hydroxyl groups is 1. The van der Waals surface area contributed by atoms with Crippen LogP contribution in [0.25, 0.3) is 0 Å². The number of hydrogen-bond acceptors (Lipinski definition) is 5. The predicted molar refractivity (Wildman–Crippen MR) is 72.2 cm³/mol. The summed E-state index contributed by atoms with van der Waals surface area (Å²) >= 11 is 0. The number of carbonyl (C=O) groups excluding carboxylic acids is 1. The molecule has 0 spiro atoms. The lowest BCUT2D eigenvalue weighted by Gasteiger charge is -2.37. The first-order valence-corrected chi connectivity index (χ1v) is 6.38. The first kappa shape index (κ1) is 13.8. The zero-order valence-electron chi connectivity index (χ0n) is 11.3. The van der Waals surface area contributed by atoms with Crippen LogP contribution in [-0.4, -0.2) is 72.1 Å². The topological polar surface area (TPSA) is 68.7 Å². The number of likely N-dealkylation sites (N-methyl/N-ethyl adjacent to an activating group) is 2. The van der Waals surface area contributed by atoms with Gasteiger partial charge in [0.2, 0.25) is 0 Å². The van der Waals surface area contributed by atoms with Gasteiger partial charge in [-0.1, -0.05) is 0 Å². The third kappa shape index (κ3) is 3.65. The van der Waals surface area contributed by atoms with E-state index in [0.717, 1.165) is 19.6 Å². The second-order valence-electron chi connectivity index (χ2n) is 5.01. The number of nitrogens with zero attached hydrogens (tertiary/aromatic N) is 3. The zero-order valence-corrected chi connectivity index (χ0v) is 11.3. The molecule has 2 N–H and O–H groups in total. The number of aromatic nitrogens is 1. The van der Waals surface area contributed by atoms with Crippen LogP contribution in [0, 0.1) is 0 Å². The fraction of sp³-hybridized carbons (Fsp3) is 0.538. The number of amides is 1. The Morgan fingerprint density at radius 2 is 2.26 bits per heavy atom. The molecule has 2 rings (SSSR count). The summed E-state index contributed by atoms with van der Waals surface area (Å²) in [7, 11) is 4.16. The smallest absolute Gasteiger partial charge is 0.269 e. The first-order valence-electron chi connectivity index (χ1n) is 6.38. The molecule has 0 aliphatic carbocycles. The highest BCUT2D eigenvalue weighted by Gasteiger charge is 2.22. The van der Waals surface area contributed by atoms with Gasteiger partial charge in [-0.3, -0.25) is 9.69 Å². The molecule has 1 amide bonds. The fourth-order valence-electron chi connectivity index (χ4n) is 2.14. The molecule has 19 heavy (non-hydrogen) atoms. The Kier molecular flexibility index (Phi) is 4.34. The monoisotopic (exact) mass is 264 g/mol. The van der Waals surface area contributed by atoms with Crippen molar-refractivity contribution in [2.75, 3.05) is 40.3 Å². The summed E-state index contributed by atoms with van der Waals surface area (Å²) in [6, 6.07) is 3.30. The van der Waals surface area contributed by atoms with Crippen molar-refractivity contribution >= 4 is 5.91 Å². The van der Waals surface area contributed by atoms with E-state index >= 15 is 0 Å². The second kappa shape index (κ2) is 5.99. The number of nitrogens with one attached hydrogen (secondary N) is 1. The summed E-state index contributed by atoms with van der Waals surface area (Å²) in [5.41, 5.74) is 0.324. The highest BCUT2D eigenvalue weighted by molar-refractivity contribution is 5.92. The van der Waals surface area contributed by atoms with Crippen molar-refractivity contribution in [3.63, 3.8) is 0 Å². The SMILES string of the molecule is CN1CCN(C)[C@@H](CNC(=O)c2ccc(O)cn2)C1.